The van der Waals surface area contributed by atoms with Crippen LogP contribution < -0.4 is 20.3 Å². The summed E-state index contributed by atoms with van der Waals surface area (Å²) in [6.45, 7) is 10.2. The van der Waals surface area contributed by atoms with Crippen LogP contribution in [0.2, 0.25) is 5.02 Å². The monoisotopic (exact) mass is 500 g/mol. The molecule has 1 heterocycles. The molecule has 0 radical (unpaired) electrons. The fourth-order valence-electron chi connectivity index (χ4n) is 3.99. The Kier molecular flexibility index (Phi) is 8.62. The van der Waals surface area contributed by atoms with E-state index in [1.807, 2.05) is 52.0 Å². The summed E-state index contributed by atoms with van der Waals surface area (Å²) in [5, 5.41) is 5.88. The average molecular weight is 501 g/mol. The fourth-order valence-corrected chi connectivity index (χ4v) is 4.24. The van der Waals surface area contributed by atoms with E-state index in [1.54, 1.807) is 34.9 Å². The largest absolute Gasteiger partial charge is 0.494 e. The smallest absolute Gasteiger partial charge is 0.318 e. The van der Waals surface area contributed by atoms with Gasteiger partial charge in [-0.05, 0) is 64.4 Å². The SMILES string of the molecule is CCOc1ccc(C(=O)N2C[C@@H](C)N(C(=O)N[C@@H](C)C(=O)NC(C)C)Cc3ccccc32)c(Cl)c1. The molecule has 2 N–H and O–H groups in total. The van der Waals surface area contributed by atoms with Gasteiger partial charge in [0.25, 0.3) is 5.91 Å². The van der Waals surface area contributed by atoms with Gasteiger partial charge in [-0.25, -0.2) is 4.79 Å². The third-order valence-corrected chi connectivity index (χ3v) is 6.07. The number of nitrogens with one attached hydrogen (secondary N) is 2. The van der Waals surface area contributed by atoms with Crippen LogP contribution in [0, 0.1) is 0 Å². The predicted octanol–water partition coefficient (Wildman–Crippen LogP) is 4.21. The predicted molar refractivity (Wildman–Crippen MR) is 137 cm³/mol. The molecule has 2 aromatic carbocycles. The first-order valence-corrected chi connectivity index (χ1v) is 12.2. The van der Waals surface area contributed by atoms with E-state index in [2.05, 4.69) is 10.6 Å². The van der Waals surface area contributed by atoms with Crippen LogP contribution in [0.3, 0.4) is 0 Å². The molecule has 0 aromatic heterocycles. The fraction of sp³-hybridized carbons (Fsp3) is 0.423. The zero-order valence-electron chi connectivity index (χ0n) is 20.8. The molecule has 2 aromatic rings. The Bertz CT molecular complexity index is 1090. The van der Waals surface area contributed by atoms with Gasteiger partial charge in [-0.15, -0.1) is 0 Å². The molecular weight excluding hydrogens is 468 g/mol. The van der Waals surface area contributed by atoms with Crippen LogP contribution in [0.5, 0.6) is 5.75 Å². The zero-order chi connectivity index (χ0) is 25.7. The van der Waals surface area contributed by atoms with E-state index in [0.717, 1.165) is 11.3 Å². The van der Waals surface area contributed by atoms with Gasteiger partial charge in [0, 0.05) is 30.9 Å². The van der Waals surface area contributed by atoms with Crippen molar-refractivity contribution < 1.29 is 19.1 Å². The number of amides is 4. The summed E-state index contributed by atoms with van der Waals surface area (Å²) in [7, 11) is 0. The minimum atomic E-state index is -0.698. The van der Waals surface area contributed by atoms with Crippen LogP contribution >= 0.6 is 11.6 Å². The number of hydrogen-bond acceptors (Lipinski definition) is 4. The molecule has 2 atom stereocenters. The summed E-state index contributed by atoms with van der Waals surface area (Å²) in [6.07, 6.45) is 0. The lowest BCUT2D eigenvalue weighted by molar-refractivity contribution is -0.123. The molecule has 9 heteroatoms. The minimum Gasteiger partial charge on any atom is -0.494 e. The van der Waals surface area contributed by atoms with Crippen molar-refractivity contribution in [2.24, 2.45) is 0 Å². The molecule has 188 valence electrons. The van der Waals surface area contributed by atoms with Crippen LogP contribution in [0.25, 0.3) is 0 Å². The first-order chi connectivity index (χ1) is 16.6. The Morgan fingerprint density at radius 3 is 2.49 bits per heavy atom. The second-order valence-electron chi connectivity index (χ2n) is 8.93. The second kappa shape index (κ2) is 11.4. The van der Waals surface area contributed by atoms with Crippen molar-refractivity contribution in [3.8, 4) is 5.75 Å². The molecule has 8 nitrogen and oxygen atoms in total. The maximum Gasteiger partial charge on any atom is 0.318 e. The van der Waals surface area contributed by atoms with Gasteiger partial charge in [0.2, 0.25) is 5.91 Å². The van der Waals surface area contributed by atoms with E-state index in [-0.39, 0.29) is 36.5 Å². The lowest BCUT2D eigenvalue weighted by atomic mass is 10.1. The molecule has 35 heavy (non-hydrogen) atoms. The van der Waals surface area contributed by atoms with Crippen molar-refractivity contribution in [2.45, 2.75) is 59.3 Å². The van der Waals surface area contributed by atoms with Crippen molar-refractivity contribution in [1.29, 1.82) is 0 Å². The highest BCUT2D eigenvalue weighted by Crippen LogP contribution is 2.31. The second-order valence-corrected chi connectivity index (χ2v) is 9.34. The van der Waals surface area contributed by atoms with Gasteiger partial charge in [0.05, 0.1) is 17.2 Å². The van der Waals surface area contributed by atoms with E-state index >= 15 is 0 Å². The summed E-state index contributed by atoms with van der Waals surface area (Å²) in [6, 6.07) is 11.1. The molecule has 0 saturated heterocycles. The molecule has 3 rings (SSSR count). The molecule has 0 saturated carbocycles. The lowest BCUT2D eigenvalue weighted by Crippen LogP contribution is -2.53. The molecule has 1 aliphatic rings. The summed E-state index contributed by atoms with van der Waals surface area (Å²) < 4.78 is 5.48. The van der Waals surface area contributed by atoms with E-state index < -0.39 is 6.04 Å². The maximum atomic E-state index is 13.6. The molecule has 0 fully saturated rings. The van der Waals surface area contributed by atoms with Crippen molar-refractivity contribution in [1.82, 2.24) is 15.5 Å². The van der Waals surface area contributed by atoms with Crippen molar-refractivity contribution in [2.75, 3.05) is 18.1 Å². The minimum absolute atomic E-state index is 0.0279. The highest BCUT2D eigenvalue weighted by Gasteiger charge is 2.33. The third kappa shape index (κ3) is 6.25. The highest BCUT2D eigenvalue weighted by molar-refractivity contribution is 6.34. The number of halogens is 1. The van der Waals surface area contributed by atoms with Gasteiger partial charge in [0.15, 0.2) is 0 Å². The normalized spacial score (nSPS) is 16.3. The van der Waals surface area contributed by atoms with Crippen molar-refractivity contribution in [3.63, 3.8) is 0 Å². The van der Waals surface area contributed by atoms with Crippen LogP contribution in [-0.4, -0.2) is 54.0 Å². The van der Waals surface area contributed by atoms with Crippen LogP contribution in [-0.2, 0) is 11.3 Å². The molecule has 4 amide bonds. The Morgan fingerprint density at radius 1 is 1.11 bits per heavy atom. The topological polar surface area (TPSA) is 91.0 Å². The molecular formula is C26H33ClN4O4. The van der Waals surface area contributed by atoms with E-state index in [0.29, 0.717) is 29.5 Å². The maximum absolute atomic E-state index is 13.6. The average Bonchev–Trinajstić information content (AvgIpc) is 2.95. The Balaban J connectivity index is 1.86. The van der Waals surface area contributed by atoms with Gasteiger partial charge in [-0.1, -0.05) is 29.8 Å². The Labute approximate surface area is 211 Å². The Morgan fingerprint density at radius 2 is 1.83 bits per heavy atom. The summed E-state index contributed by atoms with van der Waals surface area (Å²) >= 11 is 6.45. The van der Waals surface area contributed by atoms with E-state index in [4.69, 9.17) is 16.3 Å². The van der Waals surface area contributed by atoms with Gasteiger partial charge in [-0.3, -0.25) is 9.59 Å². The van der Waals surface area contributed by atoms with Gasteiger partial charge >= 0.3 is 6.03 Å². The zero-order valence-corrected chi connectivity index (χ0v) is 21.6. The summed E-state index contributed by atoms with van der Waals surface area (Å²) in [5.41, 5.74) is 1.89. The van der Waals surface area contributed by atoms with Crippen molar-refractivity contribution >= 4 is 35.1 Å². The van der Waals surface area contributed by atoms with Crippen LogP contribution in [0.15, 0.2) is 42.5 Å². The number of hydrogen-bond donors (Lipinski definition) is 2. The highest BCUT2D eigenvalue weighted by atomic mass is 35.5. The number of fused-ring (bicyclic) bond motifs is 1. The van der Waals surface area contributed by atoms with E-state index in [1.165, 1.54) is 0 Å². The number of urea groups is 1. The summed E-state index contributed by atoms with van der Waals surface area (Å²) in [5.74, 6) is 0.0830. The van der Waals surface area contributed by atoms with Crippen LogP contribution in [0.1, 0.15) is 50.5 Å². The number of carbonyl (C=O) groups is 3. The van der Waals surface area contributed by atoms with Gasteiger partial charge in [-0.2, -0.15) is 0 Å². The number of nitrogens with zero attached hydrogens (tertiary/aromatic N) is 2. The molecule has 0 aliphatic carbocycles. The number of rotatable bonds is 6. The number of anilines is 1. The molecule has 0 bridgehead atoms. The first kappa shape index (κ1) is 26.3. The van der Waals surface area contributed by atoms with E-state index in [9.17, 15) is 14.4 Å². The first-order valence-electron chi connectivity index (χ1n) is 11.8. The number of carbonyl (C=O) groups excluding carboxylic acids is 3. The number of ether oxygens (including phenoxy) is 1. The Hall–Kier alpha value is -3.26. The molecule has 1 aliphatic heterocycles. The number of benzene rings is 2. The van der Waals surface area contributed by atoms with Gasteiger partial charge < -0.3 is 25.2 Å². The number of para-hydroxylation sites is 1. The molecule has 0 unspecified atom stereocenters. The quantitative estimate of drug-likeness (QED) is 0.621. The molecule has 0 spiro atoms. The van der Waals surface area contributed by atoms with Crippen LogP contribution in [0.4, 0.5) is 10.5 Å². The lowest BCUT2D eigenvalue weighted by Gasteiger charge is -2.30. The summed E-state index contributed by atoms with van der Waals surface area (Å²) in [4.78, 5) is 42.4. The standard InChI is InChI=1S/C26H33ClN4O4/c1-6-35-20-11-12-21(22(27)13-20)25(33)31-14-17(4)30(15-19-9-7-8-10-23(19)31)26(34)29-18(5)24(32)28-16(2)3/h7-13,16-18H,6,14-15H2,1-5H3,(H,28,32)(H,29,34)/t17-,18+/m1/s1. The third-order valence-electron chi connectivity index (χ3n) is 5.75. The van der Waals surface area contributed by atoms with Crippen molar-refractivity contribution in [3.05, 3.63) is 58.6 Å². The van der Waals surface area contributed by atoms with Gasteiger partial charge in [0.1, 0.15) is 11.8 Å².